The number of alkyl halides is 3. The summed E-state index contributed by atoms with van der Waals surface area (Å²) in [4.78, 5) is 17.0. The van der Waals surface area contributed by atoms with Gasteiger partial charge in [-0.3, -0.25) is 4.79 Å². The first-order valence-electron chi connectivity index (χ1n) is 6.45. The Balaban J connectivity index is 1.98. The highest BCUT2D eigenvalue weighted by molar-refractivity contribution is 5.94. The Morgan fingerprint density at radius 3 is 2.50 bits per heavy atom. The van der Waals surface area contributed by atoms with Crippen LogP contribution < -0.4 is 10.2 Å². The molecule has 0 unspecified atom stereocenters. The van der Waals surface area contributed by atoms with Gasteiger partial charge in [0.1, 0.15) is 5.82 Å². The van der Waals surface area contributed by atoms with Crippen molar-refractivity contribution in [3.05, 3.63) is 18.3 Å². The summed E-state index contributed by atoms with van der Waals surface area (Å²) in [6, 6.07) is 3.06. The number of rotatable bonds is 2. The van der Waals surface area contributed by atoms with E-state index in [2.05, 4.69) is 16.8 Å². The van der Waals surface area contributed by atoms with E-state index in [9.17, 15) is 18.0 Å². The van der Waals surface area contributed by atoms with Crippen molar-refractivity contribution >= 4 is 17.4 Å². The molecule has 2 rings (SSSR count). The summed E-state index contributed by atoms with van der Waals surface area (Å²) in [5.41, 5.74) is 0.0430. The highest BCUT2D eigenvalue weighted by atomic mass is 19.4. The monoisotopic (exact) mass is 287 g/mol. The predicted molar refractivity (Wildman–Crippen MR) is 69.5 cm³/mol. The second kappa shape index (κ2) is 5.68. The maximum absolute atomic E-state index is 12.1. The molecule has 1 aromatic rings. The highest BCUT2D eigenvalue weighted by Crippen LogP contribution is 2.23. The smallest absolute Gasteiger partial charge is 0.357 e. The zero-order valence-corrected chi connectivity index (χ0v) is 11.1. The fraction of sp³-hybridized carbons (Fsp3) is 0.538. The molecule has 1 amide bonds. The molecular formula is C13H16F3N3O. The van der Waals surface area contributed by atoms with Crippen molar-refractivity contribution in [2.24, 2.45) is 5.92 Å². The maximum Gasteiger partial charge on any atom is 0.471 e. The van der Waals surface area contributed by atoms with Gasteiger partial charge in [-0.05, 0) is 30.9 Å². The first-order chi connectivity index (χ1) is 9.36. The molecule has 0 saturated carbocycles. The van der Waals surface area contributed by atoms with Crippen LogP contribution >= 0.6 is 0 Å². The third-order valence-corrected chi connectivity index (χ3v) is 3.37. The van der Waals surface area contributed by atoms with Gasteiger partial charge in [0.15, 0.2) is 0 Å². The second-order valence-electron chi connectivity index (χ2n) is 5.03. The van der Waals surface area contributed by atoms with E-state index < -0.39 is 12.1 Å². The quantitative estimate of drug-likeness (QED) is 0.909. The van der Waals surface area contributed by atoms with Crippen molar-refractivity contribution in [3.8, 4) is 0 Å². The summed E-state index contributed by atoms with van der Waals surface area (Å²) >= 11 is 0. The van der Waals surface area contributed by atoms with Crippen molar-refractivity contribution in [1.82, 2.24) is 4.98 Å². The predicted octanol–water partition coefficient (Wildman–Crippen LogP) is 2.82. The first kappa shape index (κ1) is 14.6. The first-order valence-corrected chi connectivity index (χ1v) is 6.45. The van der Waals surface area contributed by atoms with Gasteiger partial charge in [-0.2, -0.15) is 13.2 Å². The van der Waals surface area contributed by atoms with Crippen LogP contribution in [0.3, 0.4) is 0 Å². The van der Waals surface area contributed by atoms with Crippen molar-refractivity contribution in [1.29, 1.82) is 0 Å². The molecule has 0 aromatic carbocycles. The number of nitrogens with zero attached hydrogens (tertiary/aromatic N) is 2. The third kappa shape index (κ3) is 3.61. The Labute approximate surface area is 115 Å². The number of halogens is 3. The van der Waals surface area contributed by atoms with E-state index in [1.165, 1.54) is 12.3 Å². The van der Waals surface area contributed by atoms with Crippen LogP contribution in [0, 0.1) is 5.92 Å². The highest BCUT2D eigenvalue weighted by Gasteiger charge is 2.38. The molecule has 0 aliphatic carbocycles. The number of carbonyl (C=O) groups is 1. The van der Waals surface area contributed by atoms with Gasteiger partial charge in [-0.1, -0.05) is 6.92 Å². The average Bonchev–Trinajstić information content (AvgIpc) is 2.39. The fourth-order valence-corrected chi connectivity index (χ4v) is 2.09. The largest absolute Gasteiger partial charge is 0.471 e. The standard InChI is InChI=1S/C13H16F3N3O/c1-9-4-6-19(7-5-9)11-3-2-10(8-17-11)18-12(20)13(14,15)16/h2-3,8-9H,4-7H2,1H3,(H,18,20). The minimum absolute atomic E-state index is 0.0430. The van der Waals surface area contributed by atoms with Crippen LogP contribution in [0.2, 0.25) is 0 Å². The van der Waals surface area contributed by atoms with Gasteiger partial charge in [-0.15, -0.1) is 0 Å². The number of piperidine rings is 1. The molecule has 1 aliphatic heterocycles. The molecule has 1 aliphatic rings. The van der Waals surface area contributed by atoms with E-state index in [0.717, 1.165) is 31.7 Å². The normalized spacial score (nSPS) is 17.1. The molecule has 1 saturated heterocycles. The number of carbonyl (C=O) groups excluding carboxylic acids is 1. The zero-order chi connectivity index (χ0) is 14.8. The molecular weight excluding hydrogens is 271 g/mol. The lowest BCUT2D eigenvalue weighted by Gasteiger charge is -2.31. The van der Waals surface area contributed by atoms with Crippen molar-refractivity contribution in [2.45, 2.75) is 25.9 Å². The van der Waals surface area contributed by atoms with Crippen LogP contribution in [0.25, 0.3) is 0 Å². The van der Waals surface area contributed by atoms with E-state index >= 15 is 0 Å². The lowest BCUT2D eigenvalue weighted by atomic mass is 9.99. The molecule has 0 spiro atoms. The summed E-state index contributed by atoms with van der Waals surface area (Å²) in [5.74, 6) is -0.572. The van der Waals surface area contributed by atoms with Crippen LogP contribution in [0.5, 0.6) is 0 Å². The van der Waals surface area contributed by atoms with E-state index in [1.807, 2.05) is 0 Å². The molecule has 2 heterocycles. The topological polar surface area (TPSA) is 45.2 Å². The molecule has 20 heavy (non-hydrogen) atoms. The summed E-state index contributed by atoms with van der Waals surface area (Å²) in [6.07, 6.45) is -1.48. The van der Waals surface area contributed by atoms with E-state index in [-0.39, 0.29) is 5.69 Å². The average molecular weight is 287 g/mol. The Morgan fingerprint density at radius 1 is 1.35 bits per heavy atom. The molecule has 110 valence electrons. The second-order valence-corrected chi connectivity index (χ2v) is 5.03. The number of aromatic nitrogens is 1. The van der Waals surface area contributed by atoms with Crippen molar-refractivity contribution in [3.63, 3.8) is 0 Å². The van der Waals surface area contributed by atoms with Crippen LogP contribution in [-0.4, -0.2) is 30.2 Å². The van der Waals surface area contributed by atoms with Gasteiger partial charge in [0, 0.05) is 13.1 Å². The Hall–Kier alpha value is -1.79. The number of hydrogen-bond acceptors (Lipinski definition) is 3. The van der Waals surface area contributed by atoms with Crippen LogP contribution in [0.1, 0.15) is 19.8 Å². The Kier molecular flexibility index (Phi) is 4.15. The van der Waals surface area contributed by atoms with Gasteiger partial charge >= 0.3 is 12.1 Å². The number of amides is 1. The van der Waals surface area contributed by atoms with E-state index in [1.54, 1.807) is 11.4 Å². The fourth-order valence-electron chi connectivity index (χ4n) is 2.09. The SMILES string of the molecule is CC1CCN(c2ccc(NC(=O)C(F)(F)F)cn2)CC1. The van der Waals surface area contributed by atoms with Gasteiger partial charge < -0.3 is 10.2 Å². The Morgan fingerprint density at radius 2 is 2.00 bits per heavy atom. The molecule has 1 aromatic heterocycles. The molecule has 4 nitrogen and oxygen atoms in total. The summed E-state index contributed by atoms with van der Waals surface area (Å²) in [5, 5.41) is 1.77. The number of anilines is 2. The number of nitrogens with one attached hydrogen (secondary N) is 1. The molecule has 1 N–H and O–H groups in total. The Bertz CT molecular complexity index is 465. The summed E-state index contributed by atoms with van der Waals surface area (Å²) in [6.45, 7) is 3.98. The van der Waals surface area contributed by atoms with Crippen LogP contribution in [-0.2, 0) is 4.79 Å². The third-order valence-electron chi connectivity index (χ3n) is 3.37. The maximum atomic E-state index is 12.1. The van der Waals surface area contributed by atoms with Crippen LogP contribution in [0.4, 0.5) is 24.7 Å². The molecule has 7 heteroatoms. The van der Waals surface area contributed by atoms with Crippen molar-refractivity contribution in [2.75, 3.05) is 23.3 Å². The van der Waals surface area contributed by atoms with Crippen molar-refractivity contribution < 1.29 is 18.0 Å². The molecule has 0 bridgehead atoms. The lowest BCUT2D eigenvalue weighted by molar-refractivity contribution is -0.167. The van der Waals surface area contributed by atoms with Gasteiger partial charge in [-0.25, -0.2) is 4.98 Å². The molecule has 0 atom stereocenters. The van der Waals surface area contributed by atoms with Crippen LogP contribution in [0.15, 0.2) is 18.3 Å². The number of hydrogen-bond donors (Lipinski definition) is 1. The summed E-state index contributed by atoms with van der Waals surface area (Å²) < 4.78 is 36.3. The number of pyridine rings is 1. The van der Waals surface area contributed by atoms with Gasteiger partial charge in [0.2, 0.25) is 0 Å². The van der Waals surface area contributed by atoms with E-state index in [4.69, 9.17) is 0 Å². The van der Waals surface area contributed by atoms with Gasteiger partial charge in [0.25, 0.3) is 0 Å². The van der Waals surface area contributed by atoms with Gasteiger partial charge in [0.05, 0.1) is 11.9 Å². The molecule has 0 radical (unpaired) electrons. The molecule has 1 fully saturated rings. The van der Waals surface area contributed by atoms with E-state index in [0.29, 0.717) is 5.92 Å². The zero-order valence-electron chi connectivity index (χ0n) is 11.1. The summed E-state index contributed by atoms with van der Waals surface area (Å²) in [7, 11) is 0. The minimum atomic E-state index is -4.89. The lowest BCUT2D eigenvalue weighted by Crippen LogP contribution is -2.33. The minimum Gasteiger partial charge on any atom is -0.357 e.